The lowest BCUT2D eigenvalue weighted by molar-refractivity contribution is -0.134. The van der Waals surface area contributed by atoms with Gasteiger partial charge in [-0.25, -0.2) is 4.39 Å². The van der Waals surface area contributed by atoms with Gasteiger partial charge in [0.25, 0.3) is 0 Å². The Balaban J connectivity index is 1.41. The molecule has 1 unspecified atom stereocenters. The molecule has 5 rings (SSSR count). The molecule has 3 heterocycles. The van der Waals surface area contributed by atoms with E-state index in [1.165, 1.54) is 23.3 Å². The first-order chi connectivity index (χ1) is 15.0. The van der Waals surface area contributed by atoms with Crippen LogP contribution in [0, 0.1) is 12.7 Å². The fourth-order valence-corrected chi connectivity index (χ4v) is 4.60. The molecule has 156 valence electrons. The van der Waals surface area contributed by atoms with Gasteiger partial charge in [0.1, 0.15) is 5.82 Å². The monoisotopic (exact) mass is 413 g/mol. The zero-order valence-corrected chi connectivity index (χ0v) is 17.7. The third-order valence-corrected chi connectivity index (χ3v) is 6.24. The van der Waals surface area contributed by atoms with E-state index >= 15 is 0 Å². The second-order valence-electron chi connectivity index (χ2n) is 8.51. The van der Waals surface area contributed by atoms with Crippen LogP contribution in [-0.4, -0.2) is 27.5 Å². The van der Waals surface area contributed by atoms with Gasteiger partial charge >= 0.3 is 0 Å². The van der Waals surface area contributed by atoms with Crippen LogP contribution < -0.4 is 0 Å². The molecule has 3 aromatic rings. The van der Waals surface area contributed by atoms with Crippen molar-refractivity contribution >= 4 is 11.6 Å². The lowest BCUT2D eigenvalue weighted by Crippen LogP contribution is -2.43. The van der Waals surface area contributed by atoms with Gasteiger partial charge in [0.15, 0.2) is 0 Å². The maximum atomic E-state index is 13.2. The number of hydrogen-bond acceptors (Lipinski definition) is 3. The van der Waals surface area contributed by atoms with E-state index in [0.717, 1.165) is 33.7 Å². The topological polar surface area (TPSA) is 45.6 Å². The van der Waals surface area contributed by atoms with Crippen molar-refractivity contribution in [1.29, 1.82) is 0 Å². The van der Waals surface area contributed by atoms with Gasteiger partial charge < -0.3 is 4.90 Å². The Morgan fingerprint density at radius 1 is 1.06 bits per heavy atom. The summed E-state index contributed by atoms with van der Waals surface area (Å²) in [6, 6.07) is 15.0. The van der Waals surface area contributed by atoms with Gasteiger partial charge in [-0.05, 0) is 72.9 Å². The second-order valence-corrected chi connectivity index (χ2v) is 8.51. The quantitative estimate of drug-likeness (QED) is 0.637. The number of rotatable bonds is 4. The molecule has 31 heavy (non-hydrogen) atoms. The van der Waals surface area contributed by atoms with E-state index in [4.69, 9.17) is 4.99 Å². The first-order valence-corrected chi connectivity index (χ1v) is 10.6. The van der Waals surface area contributed by atoms with Crippen molar-refractivity contribution in [3.05, 3.63) is 99.6 Å². The van der Waals surface area contributed by atoms with Crippen LogP contribution in [0.25, 0.3) is 0 Å². The third kappa shape index (κ3) is 3.76. The minimum Gasteiger partial charge on any atom is -0.335 e. The lowest BCUT2D eigenvalue weighted by Gasteiger charge is -2.34. The molecule has 2 aliphatic heterocycles. The summed E-state index contributed by atoms with van der Waals surface area (Å²) in [5.41, 5.74) is 8.72. The third-order valence-electron chi connectivity index (χ3n) is 6.24. The highest BCUT2D eigenvalue weighted by atomic mass is 19.1. The molecular weight excluding hydrogens is 389 g/mol. The average Bonchev–Trinajstić information content (AvgIpc) is 3.16. The molecule has 0 fully saturated rings. The Morgan fingerprint density at radius 2 is 1.87 bits per heavy atom. The Labute approximate surface area is 181 Å². The number of hydrogen-bond donors (Lipinski definition) is 0. The molecule has 2 aromatic carbocycles. The Bertz CT molecular complexity index is 1200. The first kappa shape index (κ1) is 19.6. The first-order valence-electron chi connectivity index (χ1n) is 10.6. The van der Waals surface area contributed by atoms with E-state index in [2.05, 4.69) is 30.1 Å². The van der Waals surface area contributed by atoms with Crippen LogP contribution >= 0.6 is 0 Å². The highest BCUT2D eigenvalue weighted by Gasteiger charge is 2.29. The zero-order valence-electron chi connectivity index (χ0n) is 17.7. The number of carbonyl (C=O) groups excluding carboxylic acids is 1. The molecule has 4 nitrogen and oxygen atoms in total. The maximum Gasteiger partial charge on any atom is 0.227 e. The summed E-state index contributed by atoms with van der Waals surface area (Å²) in [4.78, 5) is 23.9. The number of amides is 1. The van der Waals surface area contributed by atoms with Gasteiger partial charge in [-0.1, -0.05) is 18.2 Å². The van der Waals surface area contributed by atoms with Crippen LogP contribution in [0.4, 0.5) is 4.39 Å². The van der Waals surface area contributed by atoms with E-state index in [1.54, 1.807) is 12.1 Å². The Morgan fingerprint density at radius 3 is 2.65 bits per heavy atom. The van der Waals surface area contributed by atoms with Crippen LogP contribution in [0.3, 0.4) is 0 Å². The largest absolute Gasteiger partial charge is 0.335 e. The van der Waals surface area contributed by atoms with Crippen molar-refractivity contribution in [2.24, 2.45) is 4.99 Å². The van der Waals surface area contributed by atoms with Crippen molar-refractivity contribution in [1.82, 2.24) is 9.88 Å². The fraction of sp³-hybridized carbons (Fsp3) is 0.269. The number of aromatic nitrogens is 1. The molecule has 0 spiro atoms. The van der Waals surface area contributed by atoms with Crippen molar-refractivity contribution in [2.45, 2.75) is 45.8 Å². The molecule has 0 bridgehead atoms. The number of benzene rings is 2. The van der Waals surface area contributed by atoms with Gasteiger partial charge in [0, 0.05) is 35.6 Å². The van der Waals surface area contributed by atoms with Crippen molar-refractivity contribution in [2.75, 3.05) is 0 Å². The molecule has 1 atom stereocenters. The average molecular weight is 413 g/mol. The second kappa shape index (κ2) is 7.73. The Kier molecular flexibility index (Phi) is 4.89. The number of nitrogens with zero attached hydrogens (tertiary/aromatic N) is 3. The molecule has 5 heteroatoms. The summed E-state index contributed by atoms with van der Waals surface area (Å²) in [5, 5.41) is 0. The van der Waals surface area contributed by atoms with E-state index in [1.807, 2.05) is 24.1 Å². The van der Waals surface area contributed by atoms with E-state index < -0.39 is 0 Å². The van der Waals surface area contributed by atoms with E-state index in [9.17, 15) is 9.18 Å². The van der Waals surface area contributed by atoms with E-state index in [0.29, 0.717) is 25.9 Å². The molecular formula is C26H24FN3O. The summed E-state index contributed by atoms with van der Waals surface area (Å²) in [7, 11) is 0. The summed E-state index contributed by atoms with van der Waals surface area (Å²) in [6.07, 6.45) is 2.94. The fourth-order valence-electron chi connectivity index (χ4n) is 4.60. The highest BCUT2D eigenvalue weighted by molar-refractivity contribution is 6.15. The maximum absolute atomic E-state index is 13.2. The summed E-state index contributed by atoms with van der Waals surface area (Å²) in [6.45, 7) is 5.29. The Hall–Kier alpha value is -3.34. The minimum absolute atomic E-state index is 0.0374. The van der Waals surface area contributed by atoms with Crippen LogP contribution in [0.15, 0.2) is 59.7 Å². The van der Waals surface area contributed by atoms with Crippen LogP contribution in [0.2, 0.25) is 0 Å². The van der Waals surface area contributed by atoms with Gasteiger partial charge in [-0.15, -0.1) is 0 Å². The summed E-state index contributed by atoms with van der Waals surface area (Å²) < 4.78 is 13.2. The summed E-state index contributed by atoms with van der Waals surface area (Å²) in [5.74, 6) is -0.0962. The predicted molar refractivity (Wildman–Crippen MR) is 119 cm³/mol. The molecule has 0 radical (unpaired) electrons. The number of halogens is 1. The minimum atomic E-state index is -0.241. The molecule has 0 saturated heterocycles. The number of aliphatic imine (C=N–C) groups is 1. The molecule has 0 aliphatic carbocycles. The van der Waals surface area contributed by atoms with Crippen molar-refractivity contribution in [3.63, 3.8) is 0 Å². The standard InChI is InChI=1S/C26H24FN3O/c1-16-9-19(7-8-28-16)26-24-12-22-15-30(17(2)10-18-3-5-23(27)6-4-18)25(31)13-20(22)11-21(24)14-29-26/h3-9,11-12,17H,10,13-15H2,1-2H3. The number of aryl methyl sites for hydroxylation is 1. The summed E-state index contributed by atoms with van der Waals surface area (Å²) >= 11 is 0. The smallest absolute Gasteiger partial charge is 0.227 e. The molecule has 1 amide bonds. The number of carbonyl (C=O) groups is 1. The molecule has 1 aromatic heterocycles. The van der Waals surface area contributed by atoms with E-state index in [-0.39, 0.29) is 17.8 Å². The van der Waals surface area contributed by atoms with Crippen molar-refractivity contribution in [3.8, 4) is 0 Å². The SMILES string of the molecule is Cc1cc(C2=NCc3cc4c(cc32)CN(C(C)Cc2ccc(F)cc2)C(=O)C4)ccn1. The predicted octanol–water partition coefficient (Wildman–Crippen LogP) is 4.40. The van der Waals surface area contributed by atoms with Crippen LogP contribution in [0.1, 0.15) is 46.0 Å². The normalized spacial score (nSPS) is 16.0. The van der Waals surface area contributed by atoms with Gasteiger partial charge in [-0.2, -0.15) is 0 Å². The highest BCUT2D eigenvalue weighted by Crippen LogP contribution is 2.31. The lowest BCUT2D eigenvalue weighted by atomic mass is 9.90. The van der Waals surface area contributed by atoms with Gasteiger partial charge in [0.2, 0.25) is 5.91 Å². The van der Waals surface area contributed by atoms with Gasteiger partial charge in [0.05, 0.1) is 18.7 Å². The van der Waals surface area contributed by atoms with Crippen LogP contribution in [-0.2, 0) is 30.7 Å². The van der Waals surface area contributed by atoms with Crippen molar-refractivity contribution < 1.29 is 9.18 Å². The molecule has 2 aliphatic rings. The molecule has 0 saturated carbocycles. The van der Waals surface area contributed by atoms with Crippen LogP contribution in [0.5, 0.6) is 0 Å². The molecule has 0 N–H and O–H groups in total. The number of pyridine rings is 1. The zero-order chi connectivity index (χ0) is 21.5. The number of fused-ring (bicyclic) bond motifs is 2. The van der Waals surface area contributed by atoms with Gasteiger partial charge in [-0.3, -0.25) is 14.8 Å².